The number of hydrogen-bond acceptors (Lipinski definition) is 8. The van der Waals surface area contributed by atoms with Gasteiger partial charge in [-0.2, -0.15) is 13.0 Å². The summed E-state index contributed by atoms with van der Waals surface area (Å²) in [4.78, 5) is 14.4. The molecule has 1 N–H and O–H groups in total. The van der Waals surface area contributed by atoms with Crippen molar-refractivity contribution in [2.45, 2.75) is 74.0 Å². The summed E-state index contributed by atoms with van der Waals surface area (Å²) < 4.78 is 43.0. The number of ether oxygens (including phenoxy) is 1. The summed E-state index contributed by atoms with van der Waals surface area (Å²) in [6, 6.07) is 11.5. The van der Waals surface area contributed by atoms with Crippen molar-refractivity contribution in [3.8, 4) is 0 Å². The number of benzene rings is 2. The van der Waals surface area contributed by atoms with E-state index in [2.05, 4.69) is 73.6 Å². The summed E-state index contributed by atoms with van der Waals surface area (Å²) in [5.41, 5.74) is 5.62. The molecule has 4 rings (SSSR count). The summed E-state index contributed by atoms with van der Waals surface area (Å²) >= 11 is 1.34. The van der Waals surface area contributed by atoms with Gasteiger partial charge in [-0.15, -0.1) is 0 Å². The molecule has 0 spiro atoms. The minimum Gasteiger partial charge on any atom is -0.481 e. The van der Waals surface area contributed by atoms with Gasteiger partial charge < -0.3 is 18.9 Å². The number of methoxy groups -OCH3 is 1. The van der Waals surface area contributed by atoms with Crippen molar-refractivity contribution in [3.63, 3.8) is 0 Å². The Morgan fingerprint density at radius 3 is 2.42 bits per heavy atom. The monoisotopic (exact) mass is 657 g/mol. The second kappa shape index (κ2) is 14.2. The van der Waals surface area contributed by atoms with Crippen molar-refractivity contribution in [1.82, 2.24) is 0 Å². The van der Waals surface area contributed by atoms with Gasteiger partial charge in [0.15, 0.2) is 5.71 Å². The highest BCUT2D eigenvalue weighted by Gasteiger charge is 2.45. The molecule has 11 heteroatoms. The Bertz CT molecular complexity index is 1620. The molecule has 0 amide bonds. The molecule has 2 aliphatic rings. The molecule has 0 fully saturated rings. The van der Waals surface area contributed by atoms with Gasteiger partial charge >= 0.3 is 5.97 Å². The Labute approximate surface area is 271 Å². The summed E-state index contributed by atoms with van der Waals surface area (Å²) in [7, 11) is 0.663. The van der Waals surface area contributed by atoms with Crippen molar-refractivity contribution in [3.05, 3.63) is 71.5 Å². The first-order valence-electron chi connectivity index (χ1n) is 15.1. The maximum atomic E-state index is 12.5. The second-order valence-electron chi connectivity index (χ2n) is 12.3. The number of carboxylic acids is 1. The number of aliphatic carboxylic acids is 1. The standard InChI is InChI=1S/C34H44N2O7S2/c1-33(2)26-22-24(44-42-6)15-17-28(26)35(19-10-8-9-14-32(37)38)30(33)12-11-13-31-34(3,4)27-23-25(45(39,40)43-7)16-18-29(27)36(31)20-21-41-5/h11-13,15-18,22-23H,8-10,14,19-21H2,1-7H3/p+1. The van der Waals surface area contributed by atoms with Crippen LogP contribution < -0.4 is 4.90 Å². The highest BCUT2D eigenvalue weighted by atomic mass is 32.2. The highest BCUT2D eigenvalue weighted by Crippen LogP contribution is 2.48. The molecule has 0 aromatic heterocycles. The van der Waals surface area contributed by atoms with Crippen LogP contribution >= 0.6 is 12.0 Å². The zero-order chi connectivity index (χ0) is 33.0. The zero-order valence-corrected chi connectivity index (χ0v) is 28.9. The predicted molar refractivity (Wildman–Crippen MR) is 178 cm³/mol. The molecular formula is C34H45N2O7S2+. The van der Waals surface area contributed by atoms with Gasteiger partial charge in [-0.1, -0.05) is 19.9 Å². The third kappa shape index (κ3) is 7.23. The SMILES string of the molecule is COCCN1C(=CC=CC2=[N+](CCCCCC(=O)O)c3ccc(SOC)cc3C2(C)C)C(C)(C)c2cc(S(=O)(=O)OC)ccc21. The average Bonchev–Trinajstić information content (AvgIpc) is 3.34. The third-order valence-electron chi connectivity index (χ3n) is 8.71. The first kappa shape index (κ1) is 34.9. The van der Waals surface area contributed by atoms with Gasteiger partial charge in [0.2, 0.25) is 5.69 Å². The Kier molecular flexibility index (Phi) is 11.0. The largest absolute Gasteiger partial charge is 0.481 e. The van der Waals surface area contributed by atoms with Crippen LogP contribution in [-0.4, -0.2) is 70.8 Å². The van der Waals surface area contributed by atoms with Crippen LogP contribution in [0.25, 0.3) is 0 Å². The molecular weight excluding hydrogens is 613 g/mol. The van der Waals surface area contributed by atoms with Crippen LogP contribution in [0, 0.1) is 0 Å². The first-order chi connectivity index (χ1) is 21.3. The summed E-state index contributed by atoms with van der Waals surface area (Å²) in [6.07, 6.45) is 8.90. The normalized spacial score (nSPS) is 17.8. The van der Waals surface area contributed by atoms with Crippen molar-refractivity contribution in [2.75, 3.05) is 45.9 Å². The molecule has 2 aromatic carbocycles. The lowest BCUT2D eigenvalue weighted by Crippen LogP contribution is -2.29. The molecule has 0 unspecified atom stereocenters. The van der Waals surface area contributed by atoms with Gasteiger partial charge in [-0.3, -0.25) is 8.98 Å². The highest BCUT2D eigenvalue weighted by molar-refractivity contribution is 7.94. The quantitative estimate of drug-likeness (QED) is 0.0984. The predicted octanol–water partition coefficient (Wildman–Crippen LogP) is 6.58. The Balaban J connectivity index is 1.74. The van der Waals surface area contributed by atoms with Gasteiger partial charge in [0.1, 0.15) is 6.54 Å². The molecule has 0 saturated heterocycles. The van der Waals surface area contributed by atoms with E-state index >= 15 is 0 Å². The molecule has 0 radical (unpaired) electrons. The molecule has 0 saturated carbocycles. The lowest BCUT2D eigenvalue weighted by atomic mass is 9.81. The van der Waals surface area contributed by atoms with Crippen LogP contribution in [0.15, 0.2) is 70.1 Å². The van der Waals surface area contributed by atoms with E-state index in [0.717, 1.165) is 52.6 Å². The van der Waals surface area contributed by atoms with Crippen LogP contribution in [0.2, 0.25) is 0 Å². The van der Waals surface area contributed by atoms with Crippen LogP contribution in [0.1, 0.15) is 64.5 Å². The number of unbranched alkanes of at least 4 members (excludes halogenated alkanes) is 2. The number of rotatable bonds is 15. The summed E-state index contributed by atoms with van der Waals surface area (Å²) in [5.74, 6) is -0.762. The smallest absolute Gasteiger partial charge is 0.303 e. The van der Waals surface area contributed by atoms with Crippen LogP contribution in [0.5, 0.6) is 0 Å². The molecule has 45 heavy (non-hydrogen) atoms. The van der Waals surface area contributed by atoms with E-state index in [-0.39, 0.29) is 16.7 Å². The zero-order valence-electron chi connectivity index (χ0n) is 27.3. The van der Waals surface area contributed by atoms with E-state index in [1.807, 2.05) is 6.07 Å². The van der Waals surface area contributed by atoms with E-state index in [1.54, 1.807) is 26.4 Å². The lowest BCUT2D eigenvalue weighted by Gasteiger charge is -2.26. The van der Waals surface area contributed by atoms with E-state index in [1.165, 1.54) is 24.7 Å². The molecule has 244 valence electrons. The van der Waals surface area contributed by atoms with Crippen LogP contribution in [-0.2, 0) is 38.8 Å². The molecule has 2 aromatic rings. The summed E-state index contributed by atoms with van der Waals surface area (Å²) in [5, 5.41) is 9.06. The van der Waals surface area contributed by atoms with Gasteiger partial charge in [-0.05, 0) is 68.7 Å². The van der Waals surface area contributed by atoms with Crippen molar-refractivity contribution in [2.24, 2.45) is 0 Å². The van der Waals surface area contributed by atoms with Gasteiger partial charge in [0.05, 0.1) is 31.1 Å². The summed E-state index contributed by atoms with van der Waals surface area (Å²) in [6.45, 7) is 10.5. The number of allylic oxidation sites excluding steroid dienone is 4. The number of fused-ring (bicyclic) bond motifs is 2. The average molecular weight is 658 g/mol. The van der Waals surface area contributed by atoms with Crippen molar-refractivity contribution >= 4 is 45.2 Å². The number of hydrogen-bond donors (Lipinski definition) is 1. The topological polar surface area (TPSA) is 105 Å². The Morgan fingerprint density at radius 1 is 1.00 bits per heavy atom. The second-order valence-corrected chi connectivity index (χ2v) is 15.0. The van der Waals surface area contributed by atoms with Crippen molar-refractivity contribution in [1.29, 1.82) is 0 Å². The number of anilines is 1. The van der Waals surface area contributed by atoms with Crippen LogP contribution in [0.3, 0.4) is 0 Å². The van der Waals surface area contributed by atoms with E-state index in [9.17, 15) is 13.2 Å². The fourth-order valence-electron chi connectivity index (χ4n) is 6.33. The minimum atomic E-state index is -3.84. The van der Waals surface area contributed by atoms with Crippen molar-refractivity contribution < 1.29 is 36.0 Å². The van der Waals surface area contributed by atoms with E-state index < -0.39 is 21.5 Å². The Hall–Kier alpha value is -2.96. The fourth-order valence-corrected chi connectivity index (χ4v) is 7.50. The first-order valence-corrected chi connectivity index (χ1v) is 17.3. The van der Waals surface area contributed by atoms with Gasteiger partial charge in [0, 0.05) is 77.9 Å². The van der Waals surface area contributed by atoms with E-state index in [0.29, 0.717) is 19.6 Å². The maximum Gasteiger partial charge on any atom is 0.303 e. The van der Waals surface area contributed by atoms with Gasteiger partial charge in [-0.25, -0.2) is 0 Å². The van der Waals surface area contributed by atoms with E-state index in [4.69, 9.17) is 18.2 Å². The van der Waals surface area contributed by atoms with Gasteiger partial charge in [0.25, 0.3) is 10.1 Å². The minimum absolute atomic E-state index is 0.131. The number of nitrogens with zero attached hydrogens (tertiary/aromatic N) is 2. The molecule has 2 heterocycles. The third-order valence-corrected chi connectivity index (χ3v) is 10.6. The molecule has 0 atom stereocenters. The lowest BCUT2D eigenvalue weighted by molar-refractivity contribution is -0.438. The molecule has 0 aliphatic carbocycles. The number of carboxylic acid groups (broad SMARTS) is 1. The molecule has 9 nitrogen and oxygen atoms in total. The van der Waals surface area contributed by atoms with Crippen LogP contribution in [0.4, 0.5) is 11.4 Å². The molecule has 2 aliphatic heterocycles. The molecule has 0 bridgehead atoms. The fraction of sp³-hybridized carbons (Fsp3) is 0.471. The Morgan fingerprint density at radius 2 is 1.76 bits per heavy atom. The maximum absolute atomic E-state index is 12.5. The number of carbonyl (C=O) groups is 1.